The van der Waals surface area contributed by atoms with E-state index in [9.17, 15) is 0 Å². The molecule has 2 heteroatoms. The first-order valence-electron chi connectivity index (χ1n) is 7.41. The van der Waals surface area contributed by atoms with E-state index in [-0.39, 0.29) is 0 Å². The average molecular weight is 266 g/mol. The van der Waals surface area contributed by atoms with Crippen LogP contribution in [0, 0.1) is 0 Å². The number of nitrogens with zero attached hydrogens (tertiary/aromatic N) is 2. The second-order valence-electron chi connectivity index (χ2n) is 5.51. The van der Waals surface area contributed by atoms with Gasteiger partial charge in [-0.1, -0.05) is 42.5 Å². The SMILES string of the molecule is Cn1cccc1C1CCCN1C/C=C/c1ccccc1. The van der Waals surface area contributed by atoms with Crippen LogP contribution in [0.5, 0.6) is 0 Å². The monoisotopic (exact) mass is 266 g/mol. The molecule has 1 aromatic heterocycles. The predicted molar refractivity (Wildman–Crippen MR) is 84.4 cm³/mol. The van der Waals surface area contributed by atoms with Crippen LogP contribution in [0.3, 0.4) is 0 Å². The Kier molecular flexibility index (Phi) is 4.03. The molecule has 0 saturated carbocycles. The molecule has 2 nitrogen and oxygen atoms in total. The van der Waals surface area contributed by atoms with Crippen LogP contribution in [0.2, 0.25) is 0 Å². The van der Waals surface area contributed by atoms with Gasteiger partial charge in [-0.2, -0.15) is 0 Å². The van der Waals surface area contributed by atoms with Crippen molar-refractivity contribution in [1.29, 1.82) is 0 Å². The number of likely N-dealkylation sites (tertiary alicyclic amines) is 1. The van der Waals surface area contributed by atoms with Gasteiger partial charge in [0.25, 0.3) is 0 Å². The molecule has 0 spiro atoms. The highest BCUT2D eigenvalue weighted by Crippen LogP contribution is 2.31. The largest absolute Gasteiger partial charge is 0.353 e. The summed E-state index contributed by atoms with van der Waals surface area (Å²) in [5, 5.41) is 0. The van der Waals surface area contributed by atoms with Crippen molar-refractivity contribution in [1.82, 2.24) is 9.47 Å². The van der Waals surface area contributed by atoms with Crippen LogP contribution >= 0.6 is 0 Å². The Bertz CT molecular complexity index is 568. The van der Waals surface area contributed by atoms with Crippen molar-refractivity contribution in [2.75, 3.05) is 13.1 Å². The van der Waals surface area contributed by atoms with Gasteiger partial charge in [0, 0.05) is 25.5 Å². The lowest BCUT2D eigenvalue weighted by molar-refractivity contribution is 0.277. The van der Waals surface area contributed by atoms with Crippen molar-refractivity contribution in [3.63, 3.8) is 0 Å². The van der Waals surface area contributed by atoms with E-state index in [1.54, 1.807) is 0 Å². The highest BCUT2D eigenvalue weighted by molar-refractivity contribution is 5.48. The second-order valence-corrected chi connectivity index (χ2v) is 5.51. The van der Waals surface area contributed by atoms with Gasteiger partial charge in [-0.25, -0.2) is 0 Å². The first-order chi connectivity index (χ1) is 9.84. The molecule has 0 radical (unpaired) electrons. The molecule has 0 N–H and O–H groups in total. The molecule has 1 saturated heterocycles. The molecule has 104 valence electrons. The van der Waals surface area contributed by atoms with Crippen molar-refractivity contribution >= 4 is 6.08 Å². The Labute approximate surface area is 121 Å². The molecular formula is C18H22N2. The first-order valence-corrected chi connectivity index (χ1v) is 7.41. The number of aryl methyl sites for hydroxylation is 1. The minimum atomic E-state index is 0.579. The number of benzene rings is 1. The van der Waals surface area contributed by atoms with Crippen molar-refractivity contribution in [3.8, 4) is 0 Å². The van der Waals surface area contributed by atoms with Gasteiger partial charge in [0.05, 0.1) is 6.04 Å². The molecular weight excluding hydrogens is 244 g/mol. The predicted octanol–water partition coefficient (Wildman–Crippen LogP) is 3.88. The normalized spacial score (nSPS) is 19.9. The van der Waals surface area contributed by atoms with E-state index in [1.165, 1.54) is 30.6 Å². The zero-order chi connectivity index (χ0) is 13.8. The maximum Gasteiger partial charge on any atom is 0.0504 e. The van der Waals surface area contributed by atoms with Crippen LogP contribution in [0.1, 0.15) is 30.1 Å². The van der Waals surface area contributed by atoms with Gasteiger partial charge in [0.2, 0.25) is 0 Å². The van der Waals surface area contributed by atoms with E-state index in [2.05, 4.69) is 77.3 Å². The smallest absolute Gasteiger partial charge is 0.0504 e. The van der Waals surface area contributed by atoms with Crippen LogP contribution in [0.15, 0.2) is 54.7 Å². The van der Waals surface area contributed by atoms with E-state index in [4.69, 9.17) is 0 Å². The highest BCUT2D eigenvalue weighted by atomic mass is 15.2. The maximum absolute atomic E-state index is 2.58. The summed E-state index contributed by atoms with van der Waals surface area (Å²) in [5.74, 6) is 0. The molecule has 1 aliphatic rings. The maximum atomic E-state index is 2.58. The van der Waals surface area contributed by atoms with Crippen LogP contribution in [0.4, 0.5) is 0 Å². The van der Waals surface area contributed by atoms with E-state index in [1.807, 2.05) is 0 Å². The fraction of sp³-hybridized carbons (Fsp3) is 0.333. The molecule has 0 amide bonds. The summed E-state index contributed by atoms with van der Waals surface area (Å²) in [6.07, 6.45) is 9.23. The van der Waals surface area contributed by atoms with E-state index >= 15 is 0 Å². The zero-order valence-electron chi connectivity index (χ0n) is 12.1. The van der Waals surface area contributed by atoms with Crippen molar-refractivity contribution < 1.29 is 0 Å². The topological polar surface area (TPSA) is 8.17 Å². The van der Waals surface area contributed by atoms with Gasteiger partial charge in [0.15, 0.2) is 0 Å². The Morgan fingerprint density at radius 2 is 2.00 bits per heavy atom. The van der Waals surface area contributed by atoms with E-state index < -0.39 is 0 Å². The van der Waals surface area contributed by atoms with Gasteiger partial charge < -0.3 is 4.57 Å². The Morgan fingerprint density at radius 3 is 2.75 bits per heavy atom. The Hall–Kier alpha value is -1.80. The van der Waals surface area contributed by atoms with E-state index in [0.29, 0.717) is 6.04 Å². The highest BCUT2D eigenvalue weighted by Gasteiger charge is 2.26. The van der Waals surface area contributed by atoms with Crippen molar-refractivity contribution in [3.05, 3.63) is 66.0 Å². The lowest BCUT2D eigenvalue weighted by atomic mass is 10.1. The fourth-order valence-corrected chi connectivity index (χ4v) is 3.09. The number of aromatic nitrogens is 1. The van der Waals surface area contributed by atoms with E-state index in [0.717, 1.165) is 6.54 Å². The number of rotatable bonds is 4. The second kappa shape index (κ2) is 6.10. The van der Waals surface area contributed by atoms with Crippen LogP contribution in [-0.4, -0.2) is 22.6 Å². The molecule has 0 aliphatic carbocycles. The summed E-state index contributed by atoms with van der Waals surface area (Å²) < 4.78 is 2.25. The molecule has 0 bridgehead atoms. The Morgan fingerprint density at radius 1 is 1.15 bits per heavy atom. The van der Waals surface area contributed by atoms with Crippen molar-refractivity contribution in [2.45, 2.75) is 18.9 Å². The van der Waals surface area contributed by atoms with Gasteiger partial charge in [-0.05, 0) is 37.1 Å². The minimum absolute atomic E-state index is 0.579. The third-order valence-corrected chi connectivity index (χ3v) is 4.14. The molecule has 1 aliphatic heterocycles. The first kappa shape index (κ1) is 13.2. The third kappa shape index (κ3) is 2.86. The summed E-state index contributed by atoms with van der Waals surface area (Å²) in [5.41, 5.74) is 2.72. The summed E-state index contributed by atoms with van der Waals surface area (Å²) >= 11 is 0. The van der Waals surface area contributed by atoms with Gasteiger partial charge in [-0.3, -0.25) is 4.90 Å². The summed E-state index contributed by atoms with van der Waals surface area (Å²) in [7, 11) is 2.14. The van der Waals surface area contributed by atoms with Crippen LogP contribution < -0.4 is 0 Å². The number of hydrogen-bond donors (Lipinski definition) is 0. The molecule has 1 aromatic carbocycles. The minimum Gasteiger partial charge on any atom is -0.353 e. The van der Waals surface area contributed by atoms with Crippen LogP contribution in [-0.2, 0) is 7.05 Å². The van der Waals surface area contributed by atoms with Gasteiger partial charge in [-0.15, -0.1) is 0 Å². The third-order valence-electron chi connectivity index (χ3n) is 4.14. The number of hydrogen-bond acceptors (Lipinski definition) is 1. The quantitative estimate of drug-likeness (QED) is 0.815. The summed E-state index contributed by atoms with van der Waals surface area (Å²) in [4.78, 5) is 2.58. The molecule has 3 rings (SSSR count). The lowest BCUT2D eigenvalue weighted by Crippen LogP contribution is -2.24. The van der Waals surface area contributed by atoms with Crippen molar-refractivity contribution in [2.24, 2.45) is 7.05 Å². The fourth-order valence-electron chi connectivity index (χ4n) is 3.09. The zero-order valence-corrected chi connectivity index (χ0v) is 12.1. The van der Waals surface area contributed by atoms with Crippen LogP contribution in [0.25, 0.3) is 6.08 Å². The molecule has 1 unspecified atom stereocenters. The van der Waals surface area contributed by atoms with Gasteiger partial charge in [0.1, 0.15) is 0 Å². The lowest BCUT2D eigenvalue weighted by Gasteiger charge is -2.23. The standard InChI is InChI=1S/C18H22N2/c1-19-13-6-11-17(19)18-12-7-15-20(18)14-5-10-16-8-3-2-4-9-16/h2-6,8-11,13,18H,7,12,14-15H2,1H3/b10-5+. The Balaban J connectivity index is 1.65. The molecule has 1 fully saturated rings. The summed E-state index contributed by atoms with van der Waals surface area (Å²) in [6.45, 7) is 2.24. The van der Waals surface area contributed by atoms with Gasteiger partial charge >= 0.3 is 0 Å². The molecule has 1 atom stereocenters. The molecule has 20 heavy (non-hydrogen) atoms. The summed E-state index contributed by atoms with van der Waals surface area (Å²) in [6, 6.07) is 15.5. The molecule has 2 heterocycles. The molecule has 2 aromatic rings. The average Bonchev–Trinajstić information content (AvgIpc) is 3.08.